The van der Waals surface area contributed by atoms with Crippen molar-refractivity contribution in [3.05, 3.63) is 88.0 Å². The van der Waals surface area contributed by atoms with Crippen molar-refractivity contribution in [3.63, 3.8) is 0 Å². The fourth-order valence-corrected chi connectivity index (χ4v) is 3.85. The summed E-state index contributed by atoms with van der Waals surface area (Å²) >= 11 is 12.3. The average Bonchev–Trinajstić information content (AvgIpc) is 3.03. The summed E-state index contributed by atoms with van der Waals surface area (Å²) in [5, 5.41) is 3.85. The molecule has 0 unspecified atom stereocenters. The molecule has 2 amide bonds. The van der Waals surface area contributed by atoms with Gasteiger partial charge in [0, 0.05) is 10.7 Å². The Balaban J connectivity index is 1.81. The van der Waals surface area contributed by atoms with Crippen molar-refractivity contribution in [3.8, 4) is 11.5 Å². The van der Waals surface area contributed by atoms with Crippen LogP contribution in [0.5, 0.6) is 11.5 Å². The summed E-state index contributed by atoms with van der Waals surface area (Å²) < 4.78 is 10.4. The van der Waals surface area contributed by atoms with Crippen molar-refractivity contribution >= 4 is 52.0 Å². The van der Waals surface area contributed by atoms with Gasteiger partial charge < -0.3 is 14.8 Å². The molecule has 0 aliphatic carbocycles. The van der Waals surface area contributed by atoms with E-state index in [1.54, 1.807) is 73.8 Å². The topological polar surface area (TPSA) is 67.9 Å². The Labute approximate surface area is 195 Å². The molecule has 3 aromatic rings. The number of methoxy groups -OCH3 is 2. The van der Waals surface area contributed by atoms with E-state index in [1.807, 2.05) is 0 Å². The van der Waals surface area contributed by atoms with Crippen LogP contribution < -0.4 is 19.7 Å². The maximum Gasteiger partial charge on any atom is 0.282 e. The summed E-state index contributed by atoms with van der Waals surface area (Å²) in [6, 6.07) is 18.5. The van der Waals surface area contributed by atoms with Crippen molar-refractivity contribution in [1.82, 2.24) is 0 Å². The van der Waals surface area contributed by atoms with E-state index in [-0.39, 0.29) is 11.3 Å². The second kappa shape index (κ2) is 8.94. The lowest BCUT2D eigenvalue weighted by Gasteiger charge is -2.16. The van der Waals surface area contributed by atoms with Crippen LogP contribution in [0.25, 0.3) is 5.57 Å². The van der Waals surface area contributed by atoms with Gasteiger partial charge in [0.2, 0.25) is 0 Å². The van der Waals surface area contributed by atoms with Gasteiger partial charge in [0.25, 0.3) is 11.8 Å². The first-order valence-corrected chi connectivity index (χ1v) is 10.3. The minimum atomic E-state index is -0.505. The second-order valence-corrected chi connectivity index (χ2v) is 7.72. The summed E-state index contributed by atoms with van der Waals surface area (Å²) in [5.41, 5.74) is 1.83. The molecule has 0 bridgehead atoms. The standard InChI is InChI=1S/C24H18Cl2N2O4/c1-31-18-9-6-14(7-10-18)21-22(27-16-8-11-20(32-2)19(26)13-16)24(30)28(23(21)29)17-5-3-4-15(25)12-17/h3-13,27H,1-2H3. The quantitative estimate of drug-likeness (QED) is 0.490. The molecule has 1 heterocycles. The highest BCUT2D eigenvalue weighted by atomic mass is 35.5. The van der Waals surface area contributed by atoms with Gasteiger partial charge >= 0.3 is 0 Å². The van der Waals surface area contributed by atoms with Gasteiger partial charge in [-0.05, 0) is 54.1 Å². The molecule has 0 radical (unpaired) electrons. The van der Waals surface area contributed by atoms with Gasteiger partial charge in [-0.15, -0.1) is 0 Å². The maximum absolute atomic E-state index is 13.4. The van der Waals surface area contributed by atoms with Crippen molar-refractivity contribution in [2.45, 2.75) is 0 Å². The first kappa shape index (κ1) is 21.7. The number of rotatable bonds is 6. The smallest absolute Gasteiger partial charge is 0.282 e. The van der Waals surface area contributed by atoms with E-state index >= 15 is 0 Å². The number of nitrogens with one attached hydrogen (secondary N) is 1. The molecule has 4 rings (SSSR count). The summed E-state index contributed by atoms with van der Waals surface area (Å²) in [6.07, 6.45) is 0. The zero-order valence-corrected chi connectivity index (χ0v) is 18.7. The Morgan fingerprint density at radius 1 is 0.844 bits per heavy atom. The van der Waals surface area contributed by atoms with Crippen LogP contribution in [0.2, 0.25) is 10.0 Å². The van der Waals surface area contributed by atoms with Crippen molar-refractivity contribution in [2.75, 3.05) is 24.4 Å². The van der Waals surface area contributed by atoms with Crippen LogP contribution in [0, 0.1) is 0 Å². The lowest BCUT2D eigenvalue weighted by atomic mass is 10.0. The molecule has 0 saturated carbocycles. The Morgan fingerprint density at radius 3 is 2.22 bits per heavy atom. The molecule has 3 aromatic carbocycles. The van der Waals surface area contributed by atoms with Crippen molar-refractivity contribution in [1.29, 1.82) is 0 Å². The molecule has 1 N–H and O–H groups in total. The highest BCUT2D eigenvalue weighted by Gasteiger charge is 2.40. The van der Waals surface area contributed by atoms with Crippen LogP contribution >= 0.6 is 23.2 Å². The van der Waals surface area contributed by atoms with E-state index in [4.69, 9.17) is 32.7 Å². The summed E-state index contributed by atoms with van der Waals surface area (Å²) in [6.45, 7) is 0. The number of hydrogen-bond donors (Lipinski definition) is 1. The van der Waals surface area contributed by atoms with Crippen LogP contribution in [0.1, 0.15) is 5.56 Å². The minimum Gasteiger partial charge on any atom is -0.497 e. The zero-order valence-electron chi connectivity index (χ0n) is 17.2. The normalized spacial score (nSPS) is 13.6. The molecule has 6 nitrogen and oxygen atoms in total. The molecule has 0 aromatic heterocycles. The lowest BCUT2D eigenvalue weighted by Crippen LogP contribution is -2.32. The minimum absolute atomic E-state index is 0.126. The van der Waals surface area contributed by atoms with Crippen LogP contribution in [-0.4, -0.2) is 26.0 Å². The Bertz CT molecular complexity index is 1240. The molecule has 32 heavy (non-hydrogen) atoms. The third-order valence-electron chi connectivity index (χ3n) is 4.95. The van der Waals surface area contributed by atoms with Crippen LogP contribution in [0.15, 0.2) is 72.4 Å². The van der Waals surface area contributed by atoms with Gasteiger partial charge in [0.05, 0.1) is 30.5 Å². The number of imide groups is 1. The van der Waals surface area contributed by atoms with Crippen LogP contribution in [0.4, 0.5) is 11.4 Å². The molecule has 1 aliphatic rings. The lowest BCUT2D eigenvalue weighted by molar-refractivity contribution is -0.120. The van der Waals surface area contributed by atoms with Gasteiger partial charge in [0.1, 0.15) is 17.2 Å². The molecule has 1 aliphatic heterocycles. The number of hydrogen-bond acceptors (Lipinski definition) is 5. The highest BCUT2D eigenvalue weighted by molar-refractivity contribution is 6.46. The van der Waals surface area contributed by atoms with E-state index in [2.05, 4.69) is 5.32 Å². The van der Waals surface area contributed by atoms with Gasteiger partial charge in [0.15, 0.2) is 0 Å². The van der Waals surface area contributed by atoms with Crippen LogP contribution in [0.3, 0.4) is 0 Å². The number of carbonyl (C=O) groups excluding carboxylic acids is 2. The molecular formula is C24H18Cl2N2O4. The molecular weight excluding hydrogens is 451 g/mol. The average molecular weight is 469 g/mol. The summed E-state index contributed by atoms with van der Waals surface area (Å²) in [4.78, 5) is 27.9. The maximum atomic E-state index is 13.4. The van der Waals surface area contributed by atoms with Crippen LogP contribution in [-0.2, 0) is 9.59 Å². The predicted octanol–water partition coefficient (Wildman–Crippen LogP) is 5.41. The number of carbonyl (C=O) groups is 2. The molecule has 0 atom stereocenters. The second-order valence-electron chi connectivity index (χ2n) is 6.88. The molecule has 0 spiro atoms. The molecule has 162 valence electrons. The largest absolute Gasteiger partial charge is 0.497 e. The van der Waals surface area contributed by atoms with Gasteiger partial charge in [-0.1, -0.05) is 41.4 Å². The van der Waals surface area contributed by atoms with E-state index in [1.165, 1.54) is 7.11 Å². The first-order chi connectivity index (χ1) is 15.4. The third kappa shape index (κ3) is 4.02. The Hall–Kier alpha value is -3.48. The zero-order chi connectivity index (χ0) is 22.8. The van der Waals surface area contributed by atoms with E-state index in [0.717, 1.165) is 4.90 Å². The van der Waals surface area contributed by atoms with Gasteiger partial charge in [-0.25, -0.2) is 4.90 Å². The van der Waals surface area contributed by atoms with Crippen molar-refractivity contribution < 1.29 is 19.1 Å². The van der Waals surface area contributed by atoms with E-state index in [0.29, 0.717) is 38.5 Å². The number of anilines is 2. The highest BCUT2D eigenvalue weighted by Crippen LogP contribution is 2.36. The van der Waals surface area contributed by atoms with Gasteiger partial charge in [-0.3, -0.25) is 9.59 Å². The van der Waals surface area contributed by atoms with Gasteiger partial charge in [-0.2, -0.15) is 0 Å². The third-order valence-corrected chi connectivity index (χ3v) is 5.48. The molecule has 0 saturated heterocycles. The number of amides is 2. The SMILES string of the molecule is COc1ccc(C2=C(Nc3ccc(OC)c(Cl)c3)C(=O)N(c3cccc(Cl)c3)C2=O)cc1. The Kier molecular flexibility index (Phi) is 6.08. The number of ether oxygens (including phenoxy) is 2. The molecule has 0 fully saturated rings. The fourth-order valence-electron chi connectivity index (χ4n) is 3.41. The monoisotopic (exact) mass is 468 g/mol. The van der Waals surface area contributed by atoms with Crippen molar-refractivity contribution in [2.24, 2.45) is 0 Å². The summed E-state index contributed by atoms with van der Waals surface area (Å²) in [7, 11) is 3.07. The Morgan fingerprint density at radius 2 is 1.59 bits per heavy atom. The predicted molar refractivity (Wildman–Crippen MR) is 125 cm³/mol. The number of halogens is 2. The summed E-state index contributed by atoms with van der Waals surface area (Å²) in [5.74, 6) is 0.157. The number of benzene rings is 3. The fraction of sp³-hybridized carbons (Fsp3) is 0.0833. The van der Waals surface area contributed by atoms with E-state index < -0.39 is 11.8 Å². The van der Waals surface area contributed by atoms with E-state index in [9.17, 15) is 9.59 Å². The number of nitrogens with zero attached hydrogens (tertiary/aromatic N) is 1. The first-order valence-electron chi connectivity index (χ1n) is 9.56. The molecule has 8 heteroatoms.